The standard InChI is InChI=1S/C12H13FN2O5/c1-20-11(16)3-2-6-14-12(17)8-4-5-10(15(18)19)9(13)7-8/h4-5,7H,2-3,6H2,1H3,(H,14,17). The number of nitro benzene ring substituents is 1. The molecule has 1 aromatic rings. The first-order valence-corrected chi connectivity index (χ1v) is 5.74. The molecule has 1 N–H and O–H groups in total. The van der Waals surface area contributed by atoms with Gasteiger partial charge < -0.3 is 10.1 Å². The molecular weight excluding hydrogens is 271 g/mol. The van der Waals surface area contributed by atoms with E-state index in [2.05, 4.69) is 10.1 Å². The summed E-state index contributed by atoms with van der Waals surface area (Å²) in [6.45, 7) is 0.215. The second-order valence-corrected chi connectivity index (χ2v) is 3.86. The predicted molar refractivity (Wildman–Crippen MR) is 66.6 cm³/mol. The number of hydrogen-bond acceptors (Lipinski definition) is 5. The van der Waals surface area contributed by atoms with E-state index in [-0.39, 0.29) is 24.5 Å². The minimum absolute atomic E-state index is 0.0221. The van der Waals surface area contributed by atoms with Crippen molar-refractivity contribution in [1.82, 2.24) is 5.32 Å². The molecule has 20 heavy (non-hydrogen) atoms. The number of amides is 1. The highest BCUT2D eigenvalue weighted by atomic mass is 19.1. The SMILES string of the molecule is COC(=O)CCCNC(=O)c1ccc([N+](=O)[O-])c(F)c1. The molecule has 0 aliphatic carbocycles. The molecule has 0 atom stereocenters. The number of nitrogens with one attached hydrogen (secondary N) is 1. The summed E-state index contributed by atoms with van der Waals surface area (Å²) in [5.74, 6) is -2.03. The van der Waals surface area contributed by atoms with Crippen molar-refractivity contribution in [1.29, 1.82) is 0 Å². The van der Waals surface area contributed by atoms with Crippen LogP contribution in [0.25, 0.3) is 0 Å². The van der Waals surface area contributed by atoms with Crippen LogP contribution in [0.2, 0.25) is 0 Å². The topological polar surface area (TPSA) is 98.5 Å². The Balaban J connectivity index is 2.54. The van der Waals surface area contributed by atoms with Crippen molar-refractivity contribution in [2.45, 2.75) is 12.8 Å². The smallest absolute Gasteiger partial charge is 0.305 e. The fourth-order valence-corrected chi connectivity index (χ4v) is 1.43. The number of esters is 1. The summed E-state index contributed by atoms with van der Waals surface area (Å²) in [6.07, 6.45) is 0.541. The number of carbonyl (C=O) groups excluding carboxylic acids is 2. The third kappa shape index (κ3) is 4.30. The molecule has 0 saturated heterocycles. The third-order valence-electron chi connectivity index (χ3n) is 2.48. The number of benzene rings is 1. The van der Waals surface area contributed by atoms with Gasteiger partial charge in [-0.15, -0.1) is 0 Å². The number of halogens is 1. The molecule has 0 aliphatic heterocycles. The molecule has 7 nitrogen and oxygen atoms in total. The minimum atomic E-state index is -1.07. The highest BCUT2D eigenvalue weighted by molar-refractivity contribution is 5.94. The second kappa shape index (κ2) is 7.17. The van der Waals surface area contributed by atoms with Crippen molar-refractivity contribution in [3.63, 3.8) is 0 Å². The second-order valence-electron chi connectivity index (χ2n) is 3.86. The molecular formula is C12H13FN2O5. The van der Waals surface area contributed by atoms with Gasteiger partial charge in [0, 0.05) is 24.6 Å². The summed E-state index contributed by atoms with van der Waals surface area (Å²) in [7, 11) is 1.26. The van der Waals surface area contributed by atoms with Crippen molar-refractivity contribution >= 4 is 17.6 Å². The fourth-order valence-electron chi connectivity index (χ4n) is 1.43. The van der Waals surface area contributed by atoms with Crippen LogP contribution in [0.5, 0.6) is 0 Å². The molecule has 0 unspecified atom stereocenters. The fraction of sp³-hybridized carbons (Fsp3) is 0.333. The van der Waals surface area contributed by atoms with Gasteiger partial charge in [-0.3, -0.25) is 19.7 Å². The summed E-state index contributed by atoms with van der Waals surface area (Å²) >= 11 is 0. The monoisotopic (exact) mass is 284 g/mol. The summed E-state index contributed by atoms with van der Waals surface area (Å²) in [5.41, 5.74) is -0.710. The van der Waals surface area contributed by atoms with E-state index in [1.165, 1.54) is 7.11 Å². The van der Waals surface area contributed by atoms with Crippen molar-refractivity contribution in [3.05, 3.63) is 39.7 Å². The number of nitrogens with zero attached hydrogens (tertiary/aromatic N) is 1. The minimum Gasteiger partial charge on any atom is -0.469 e. The largest absolute Gasteiger partial charge is 0.469 e. The van der Waals surface area contributed by atoms with Gasteiger partial charge in [0.2, 0.25) is 5.82 Å². The maximum absolute atomic E-state index is 13.3. The zero-order valence-electron chi connectivity index (χ0n) is 10.7. The van der Waals surface area contributed by atoms with Crippen LogP contribution in [0.3, 0.4) is 0 Å². The molecule has 1 amide bonds. The lowest BCUT2D eigenvalue weighted by Crippen LogP contribution is -2.25. The Labute approximate surface area is 113 Å². The van der Waals surface area contributed by atoms with Gasteiger partial charge in [0.05, 0.1) is 12.0 Å². The van der Waals surface area contributed by atoms with Crippen molar-refractivity contribution in [2.75, 3.05) is 13.7 Å². The molecule has 0 heterocycles. The summed E-state index contributed by atoms with van der Waals surface area (Å²) in [5, 5.41) is 12.9. The highest BCUT2D eigenvalue weighted by Crippen LogP contribution is 2.17. The van der Waals surface area contributed by atoms with Gasteiger partial charge in [-0.25, -0.2) is 0 Å². The van der Waals surface area contributed by atoms with E-state index < -0.39 is 22.3 Å². The summed E-state index contributed by atoms with van der Waals surface area (Å²) in [4.78, 5) is 32.0. The molecule has 0 aromatic heterocycles. The van der Waals surface area contributed by atoms with Crippen LogP contribution in [-0.2, 0) is 9.53 Å². The van der Waals surface area contributed by atoms with E-state index in [9.17, 15) is 24.1 Å². The molecule has 108 valence electrons. The maximum atomic E-state index is 13.3. The number of rotatable bonds is 6. The maximum Gasteiger partial charge on any atom is 0.305 e. The van der Waals surface area contributed by atoms with Gasteiger partial charge in [0.15, 0.2) is 0 Å². The summed E-state index contributed by atoms with van der Waals surface area (Å²) in [6, 6.07) is 2.89. The van der Waals surface area contributed by atoms with E-state index in [4.69, 9.17) is 0 Å². The Bertz CT molecular complexity index is 533. The first-order valence-electron chi connectivity index (χ1n) is 5.74. The Kier molecular flexibility index (Phi) is 5.57. The molecule has 0 radical (unpaired) electrons. The van der Waals surface area contributed by atoms with E-state index in [1.54, 1.807) is 0 Å². The Morgan fingerprint density at radius 3 is 2.70 bits per heavy atom. The van der Waals surface area contributed by atoms with Gasteiger partial charge in [-0.2, -0.15) is 4.39 Å². The van der Waals surface area contributed by atoms with E-state index in [1.807, 2.05) is 0 Å². The molecule has 1 rings (SSSR count). The molecule has 0 bridgehead atoms. The lowest BCUT2D eigenvalue weighted by atomic mass is 10.2. The van der Waals surface area contributed by atoms with Crippen LogP contribution in [0, 0.1) is 15.9 Å². The van der Waals surface area contributed by atoms with Gasteiger partial charge in [0.1, 0.15) is 0 Å². The Morgan fingerprint density at radius 1 is 1.45 bits per heavy atom. The first-order chi connectivity index (χ1) is 9.45. The van der Waals surface area contributed by atoms with Crippen LogP contribution >= 0.6 is 0 Å². The van der Waals surface area contributed by atoms with Crippen molar-refractivity contribution in [2.24, 2.45) is 0 Å². The number of ether oxygens (including phenoxy) is 1. The highest BCUT2D eigenvalue weighted by Gasteiger charge is 2.16. The van der Waals surface area contributed by atoms with Crippen molar-refractivity contribution in [3.8, 4) is 0 Å². The van der Waals surface area contributed by atoms with Gasteiger partial charge in [-0.05, 0) is 18.6 Å². The normalized spacial score (nSPS) is 9.90. The van der Waals surface area contributed by atoms with Gasteiger partial charge >= 0.3 is 11.7 Å². The molecule has 1 aromatic carbocycles. The molecule has 0 aliphatic rings. The summed E-state index contributed by atoms with van der Waals surface area (Å²) < 4.78 is 17.7. The lowest BCUT2D eigenvalue weighted by molar-refractivity contribution is -0.387. The van der Waals surface area contributed by atoms with E-state index in [0.29, 0.717) is 6.42 Å². The predicted octanol–water partition coefficient (Wildman–Crippen LogP) is 1.42. The van der Waals surface area contributed by atoms with Crippen LogP contribution < -0.4 is 5.32 Å². The molecule has 0 fully saturated rings. The van der Waals surface area contributed by atoms with Crippen LogP contribution in [0.15, 0.2) is 18.2 Å². The number of nitro groups is 1. The Morgan fingerprint density at radius 2 is 2.15 bits per heavy atom. The molecule has 0 saturated carbocycles. The van der Waals surface area contributed by atoms with Crippen LogP contribution in [-0.4, -0.2) is 30.5 Å². The zero-order chi connectivity index (χ0) is 15.1. The number of carbonyl (C=O) groups is 2. The average Bonchev–Trinajstić information content (AvgIpc) is 2.42. The van der Waals surface area contributed by atoms with E-state index in [0.717, 1.165) is 18.2 Å². The van der Waals surface area contributed by atoms with Gasteiger partial charge in [0.25, 0.3) is 5.91 Å². The van der Waals surface area contributed by atoms with Crippen LogP contribution in [0.4, 0.5) is 10.1 Å². The number of hydrogen-bond donors (Lipinski definition) is 1. The quantitative estimate of drug-likeness (QED) is 0.368. The lowest BCUT2D eigenvalue weighted by Gasteiger charge is -2.05. The van der Waals surface area contributed by atoms with Crippen molar-refractivity contribution < 1.29 is 23.6 Å². The zero-order valence-corrected chi connectivity index (χ0v) is 10.7. The molecule has 8 heteroatoms. The third-order valence-corrected chi connectivity index (χ3v) is 2.48. The Hall–Kier alpha value is -2.51. The first kappa shape index (κ1) is 15.5. The van der Waals surface area contributed by atoms with Crippen LogP contribution in [0.1, 0.15) is 23.2 Å². The average molecular weight is 284 g/mol. The number of methoxy groups -OCH3 is 1. The van der Waals surface area contributed by atoms with Gasteiger partial charge in [-0.1, -0.05) is 0 Å². The molecule has 0 spiro atoms. The van der Waals surface area contributed by atoms with E-state index >= 15 is 0 Å².